The molecule has 1 fully saturated rings. The molecule has 0 aliphatic carbocycles. The standard InChI is InChI=1S/C14H20FN3O/c1-16-9-11-3-2-8-18(10-11)14(19)17-13-6-4-12(15)5-7-13/h4-7,11,16H,2-3,8-10H2,1H3,(H,17,19). The molecular weight excluding hydrogens is 245 g/mol. The van der Waals surface area contributed by atoms with E-state index >= 15 is 0 Å². The Morgan fingerprint density at radius 1 is 1.42 bits per heavy atom. The van der Waals surface area contributed by atoms with E-state index in [1.165, 1.54) is 12.1 Å². The topological polar surface area (TPSA) is 44.4 Å². The monoisotopic (exact) mass is 265 g/mol. The number of carbonyl (C=O) groups is 1. The van der Waals surface area contributed by atoms with Crippen LogP contribution in [0.4, 0.5) is 14.9 Å². The highest BCUT2D eigenvalue weighted by molar-refractivity contribution is 5.89. The summed E-state index contributed by atoms with van der Waals surface area (Å²) in [6, 6.07) is 5.72. The summed E-state index contributed by atoms with van der Waals surface area (Å²) in [4.78, 5) is 13.9. The number of amides is 2. The molecule has 5 heteroatoms. The Kier molecular flexibility index (Phi) is 4.74. The van der Waals surface area contributed by atoms with E-state index in [1.807, 2.05) is 11.9 Å². The van der Waals surface area contributed by atoms with Gasteiger partial charge in [-0.05, 0) is 56.6 Å². The normalized spacial score (nSPS) is 19.3. The lowest BCUT2D eigenvalue weighted by Gasteiger charge is -2.32. The molecule has 1 aliphatic heterocycles. The van der Waals surface area contributed by atoms with E-state index in [1.54, 1.807) is 12.1 Å². The fourth-order valence-electron chi connectivity index (χ4n) is 2.44. The molecule has 1 aliphatic rings. The second kappa shape index (κ2) is 6.52. The summed E-state index contributed by atoms with van der Waals surface area (Å²) >= 11 is 0. The average Bonchev–Trinajstić information content (AvgIpc) is 2.42. The van der Waals surface area contributed by atoms with Crippen molar-refractivity contribution in [3.05, 3.63) is 30.1 Å². The van der Waals surface area contributed by atoms with Crippen molar-refractivity contribution in [1.29, 1.82) is 0 Å². The van der Waals surface area contributed by atoms with E-state index < -0.39 is 0 Å². The Bertz CT molecular complexity index is 419. The maximum Gasteiger partial charge on any atom is 0.321 e. The van der Waals surface area contributed by atoms with E-state index in [4.69, 9.17) is 0 Å². The first-order chi connectivity index (χ1) is 9.19. The summed E-state index contributed by atoms with van der Waals surface area (Å²) in [7, 11) is 1.93. The Morgan fingerprint density at radius 3 is 2.84 bits per heavy atom. The number of benzene rings is 1. The Hall–Kier alpha value is -1.62. The minimum absolute atomic E-state index is 0.104. The molecule has 1 atom stereocenters. The largest absolute Gasteiger partial charge is 0.324 e. The van der Waals surface area contributed by atoms with E-state index in [0.29, 0.717) is 11.6 Å². The van der Waals surface area contributed by atoms with E-state index in [-0.39, 0.29) is 11.8 Å². The number of urea groups is 1. The van der Waals surface area contributed by atoms with Crippen molar-refractivity contribution >= 4 is 11.7 Å². The molecule has 104 valence electrons. The van der Waals surface area contributed by atoms with Gasteiger partial charge in [0.2, 0.25) is 0 Å². The SMILES string of the molecule is CNCC1CCCN(C(=O)Nc2ccc(F)cc2)C1. The first-order valence-electron chi connectivity index (χ1n) is 6.65. The minimum atomic E-state index is -0.301. The lowest BCUT2D eigenvalue weighted by molar-refractivity contribution is 0.177. The minimum Gasteiger partial charge on any atom is -0.324 e. The van der Waals surface area contributed by atoms with Gasteiger partial charge >= 0.3 is 6.03 Å². The number of nitrogens with one attached hydrogen (secondary N) is 2. The predicted octanol–water partition coefficient (Wildman–Crippen LogP) is 2.29. The maximum atomic E-state index is 12.8. The second-order valence-electron chi connectivity index (χ2n) is 4.95. The summed E-state index contributed by atoms with van der Waals surface area (Å²) in [6.07, 6.45) is 2.18. The predicted molar refractivity (Wildman–Crippen MR) is 73.6 cm³/mol. The third-order valence-corrected chi connectivity index (χ3v) is 3.39. The van der Waals surface area contributed by atoms with Crippen LogP contribution in [0.2, 0.25) is 0 Å². The van der Waals surface area contributed by atoms with Gasteiger partial charge in [-0.2, -0.15) is 0 Å². The van der Waals surface area contributed by atoms with Crippen molar-refractivity contribution in [1.82, 2.24) is 10.2 Å². The molecule has 2 N–H and O–H groups in total. The van der Waals surface area contributed by atoms with Gasteiger partial charge in [0.25, 0.3) is 0 Å². The van der Waals surface area contributed by atoms with Gasteiger partial charge in [0.05, 0.1) is 0 Å². The van der Waals surface area contributed by atoms with Crippen LogP contribution in [0.5, 0.6) is 0 Å². The third kappa shape index (κ3) is 3.92. The average molecular weight is 265 g/mol. The fraction of sp³-hybridized carbons (Fsp3) is 0.500. The van der Waals surface area contributed by atoms with Crippen LogP contribution < -0.4 is 10.6 Å². The smallest absolute Gasteiger partial charge is 0.321 e. The van der Waals surface area contributed by atoms with E-state index in [2.05, 4.69) is 10.6 Å². The molecule has 19 heavy (non-hydrogen) atoms. The molecule has 0 bridgehead atoms. The van der Waals surface area contributed by atoms with Crippen molar-refractivity contribution in [2.24, 2.45) is 5.92 Å². The van der Waals surface area contributed by atoms with Crippen LogP contribution in [0, 0.1) is 11.7 Å². The Balaban J connectivity index is 1.90. The van der Waals surface area contributed by atoms with Crippen molar-refractivity contribution in [2.45, 2.75) is 12.8 Å². The first-order valence-corrected chi connectivity index (χ1v) is 6.65. The fourth-order valence-corrected chi connectivity index (χ4v) is 2.44. The highest BCUT2D eigenvalue weighted by Gasteiger charge is 2.23. The molecular formula is C14H20FN3O. The van der Waals surface area contributed by atoms with Crippen molar-refractivity contribution < 1.29 is 9.18 Å². The Morgan fingerprint density at radius 2 is 2.16 bits per heavy atom. The molecule has 0 spiro atoms. The van der Waals surface area contributed by atoms with Crippen molar-refractivity contribution in [3.63, 3.8) is 0 Å². The van der Waals surface area contributed by atoms with Gasteiger partial charge in [0, 0.05) is 18.8 Å². The van der Waals surface area contributed by atoms with E-state index in [0.717, 1.165) is 32.5 Å². The highest BCUT2D eigenvalue weighted by Crippen LogP contribution is 2.17. The third-order valence-electron chi connectivity index (χ3n) is 3.39. The van der Waals surface area contributed by atoms with Crippen LogP contribution in [-0.4, -0.2) is 37.6 Å². The molecule has 1 heterocycles. The number of likely N-dealkylation sites (tertiary alicyclic amines) is 1. The number of piperidine rings is 1. The quantitative estimate of drug-likeness (QED) is 0.880. The van der Waals surface area contributed by atoms with Crippen LogP contribution in [0.25, 0.3) is 0 Å². The molecule has 1 unspecified atom stereocenters. The van der Waals surface area contributed by atoms with Crippen LogP contribution >= 0.6 is 0 Å². The molecule has 0 saturated carbocycles. The zero-order chi connectivity index (χ0) is 13.7. The molecule has 0 aromatic heterocycles. The summed E-state index contributed by atoms with van der Waals surface area (Å²) in [5.74, 6) is 0.211. The zero-order valence-corrected chi connectivity index (χ0v) is 11.2. The summed E-state index contributed by atoms with van der Waals surface area (Å²) in [5, 5.41) is 5.95. The zero-order valence-electron chi connectivity index (χ0n) is 11.2. The molecule has 4 nitrogen and oxygen atoms in total. The summed E-state index contributed by atoms with van der Waals surface area (Å²) in [5.41, 5.74) is 0.627. The summed E-state index contributed by atoms with van der Waals surface area (Å²) < 4.78 is 12.8. The van der Waals surface area contributed by atoms with Crippen LogP contribution in [-0.2, 0) is 0 Å². The van der Waals surface area contributed by atoms with Crippen LogP contribution in [0.3, 0.4) is 0 Å². The Labute approximate surface area is 113 Å². The van der Waals surface area contributed by atoms with Gasteiger partial charge in [0.1, 0.15) is 5.82 Å². The molecule has 1 aromatic carbocycles. The number of hydrogen-bond acceptors (Lipinski definition) is 2. The number of halogens is 1. The van der Waals surface area contributed by atoms with Gasteiger partial charge in [-0.1, -0.05) is 0 Å². The number of anilines is 1. The molecule has 2 rings (SSSR count). The van der Waals surface area contributed by atoms with Crippen LogP contribution in [0.15, 0.2) is 24.3 Å². The van der Waals surface area contributed by atoms with Gasteiger partial charge in [-0.15, -0.1) is 0 Å². The first kappa shape index (κ1) is 13.8. The van der Waals surface area contributed by atoms with E-state index in [9.17, 15) is 9.18 Å². The molecule has 2 amide bonds. The number of carbonyl (C=O) groups excluding carboxylic acids is 1. The van der Waals surface area contributed by atoms with Gasteiger partial charge in [0.15, 0.2) is 0 Å². The highest BCUT2D eigenvalue weighted by atomic mass is 19.1. The second-order valence-corrected chi connectivity index (χ2v) is 4.95. The van der Waals surface area contributed by atoms with Crippen LogP contribution in [0.1, 0.15) is 12.8 Å². The number of nitrogens with zero attached hydrogens (tertiary/aromatic N) is 1. The number of hydrogen-bond donors (Lipinski definition) is 2. The summed E-state index contributed by atoms with van der Waals surface area (Å²) in [6.45, 7) is 2.49. The van der Waals surface area contributed by atoms with Gasteiger partial charge < -0.3 is 15.5 Å². The maximum absolute atomic E-state index is 12.8. The van der Waals surface area contributed by atoms with Crippen molar-refractivity contribution in [3.8, 4) is 0 Å². The van der Waals surface area contributed by atoms with Gasteiger partial charge in [-0.3, -0.25) is 0 Å². The lowest BCUT2D eigenvalue weighted by Crippen LogP contribution is -2.44. The van der Waals surface area contributed by atoms with Gasteiger partial charge in [-0.25, -0.2) is 9.18 Å². The molecule has 1 saturated heterocycles. The molecule has 0 radical (unpaired) electrons. The van der Waals surface area contributed by atoms with Crippen molar-refractivity contribution in [2.75, 3.05) is 32.0 Å². The lowest BCUT2D eigenvalue weighted by atomic mass is 9.98. The molecule has 1 aromatic rings. The number of rotatable bonds is 3.